The van der Waals surface area contributed by atoms with Gasteiger partial charge in [-0.15, -0.1) is 0 Å². The van der Waals surface area contributed by atoms with Gasteiger partial charge in [-0.3, -0.25) is 0 Å². The maximum Gasteiger partial charge on any atom is 0.0721 e. The fourth-order valence-electron chi connectivity index (χ4n) is 1.65. The summed E-state index contributed by atoms with van der Waals surface area (Å²) >= 11 is 12.1. The lowest BCUT2D eigenvalue weighted by atomic mass is 10.1. The van der Waals surface area contributed by atoms with Gasteiger partial charge in [-0.25, -0.2) is 0 Å². The van der Waals surface area contributed by atoms with Crippen LogP contribution >= 0.6 is 23.2 Å². The molecule has 0 fully saturated rings. The van der Waals surface area contributed by atoms with Crippen LogP contribution in [0.2, 0.25) is 10.0 Å². The van der Waals surface area contributed by atoms with Gasteiger partial charge in [0.25, 0.3) is 0 Å². The molecule has 0 amide bonds. The average molecular weight is 244 g/mol. The number of nitrogen functional groups attached to an aromatic ring is 1. The fraction of sp³-hybridized carbons (Fsp3) is 0.200. The molecule has 0 aliphatic rings. The minimum Gasteiger partial charge on any atom is -0.397 e. The summed E-state index contributed by atoms with van der Waals surface area (Å²) in [5.74, 6) is 0. The van der Waals surface area contributed by atoms with Crippen molar-refractivity contribution < 1.29 is 0 Å². The molecule has 0 unspecified atom stereocenters. The van der Waals surface area contributed by atoms with Gasteiger partial charge in [-0.2, -0.15) is 0 Å². The molecule has 0 aliphatic heterocycles. The monoisotopic (exact) mass is 243 g/mol. The number of benzene rings is 1. The molecule has 0 radical (unpaired) electrons. The zero-order valence-electron chi connectivity index (χ0n) is 8.20. The highest BCUT2D eigenvalue weighted by molar-refractivity contribution is 6.42. The highest BCUT2D eigenvalue weighted by atomic mass is 35.5. The zero-order valence-corrected chi connectivity index (χ0v) is 9.71. The maximum absolute atomic E-state index is 6.13. The first kappa shape index (κ1) is 10.6. The largest absolute Gasteiger partial charge is 0.397 e. The highest BCUT2D eigenvalue weighted by Crippen LogP contribution is 2.35. The first-order chi connectivity index (χ1) is 7.15. The molecule has 2 rings (SSSR count). The number of aromatic nitrogens is 1. The summed E-state index contributed by atoms with van der Waals surface area (Å²) in [5, 5.41) is 5.04. The van der Waals surface area contributed by atoms with E-state index in [0.717, 1.165) is 16.5 Å². The summed E-state index contributed by atoms with van der Waals surface area (Å²) in [7, 11) is 1.86. The molecule has 0 bridgehead atoms. The van der Waals surface area contributed by atoms with E-state index in [1.165, 1.54) is 0 Å². The number of aromatic amines is 1. The van der Waals surface area contributed by atoms with Crippen LogP contribution in [0, 0.1) is 0 Å². The van der Waals surface area contributed by atoms with E-state index in [1.807, 2.05) is 13.1 Å². The van der Waals surface area contributed by atoms with Crippen LogP contribution in [0.5, 0.6) is 0 Å². The molecule has 1 heterocycles. The molecule has 0 saturated heterocycles. The van der Waals surface area contributed by atoms with Crippen molar-refractivity contribution in [1.82, 2.24) is 10.3 Å². The lowest BCUT2D eigenvalue weighted by molar-refractivity contribution is 0.821. The topological polar surface area (TPSA) is 53.8 Å². The highest BCUT2D eigenvalue weighted by Gasteiger charge is 2.12. The SMILES string of the molecule is CNCc1cc(Cl)c2c(Cl)c[nH]c2c1N. The van der Waals surface area contributed by atoms with Crippen LogP contribution in [-0.4, -0.2) is 12.0 Å². The first-order valence-electron chi connectivity index (χ1n) is 4.53. The molecule has 4 N–H and O–H groups in total. The molecular formula is C10H11Cl2N3. The Hall–Kier alpha value is -0.900. The third-order valence-electron chi connectivity index (χ3n) is 2.35. The number of hydrogen-bond acceptors (Lipinski definition) is 2. The normalized spacial score (nSPS) is 11.1. The van der Waals surface area contributed by atoms with Gasteiger partial charge >= 0.3 is 0 Å². The lowest BCUT2D eigenvalue weighted by Crippen LogP contribution is -2.08. The Balaban J connectivity index is 2.74. The molecule has 1 aromatic heterocycles. The predicted octanol–water partition coefficient (Wildman–Crippen LogP) is 2.78. The van der Waals surface area contributed by atoms with Crippen LogP contribution in [-0.2, 0) is 6.54 Å². The predicted molar refractivity (Wildman–Crippen MR) is 65.5 cm³/mol. The fourth-order valence-corrected chi connectivity index (χ4v) is 2.27. The number of nitrogens with one attached hydrogen (secondary N) is 2. The molecule has 80 valence electrons. The summed E-state index contributed by atoms with van der Waals surface area (Å²) in [6.07, 6.45) is 1.69. The maximum atomic E-state index is 6.13. The van der Waals surface area contributed by atoms with E-state index in [-0.39, 0.29) is 0 Å². The standard InChI is InChI=1S/C10H11Cl2N3/c1-14-3-5-2-6(11)8-7(12)4-15-10(8)9(5)13/h2,4,14-15H,3,13H2,1H3. The van der Waals surface area contributed by atoms with Gasteiger partial charge < -0.3 is 16.0 Å². The quantitative estimate of drug-likeness (QED) is 0.711. The second-order valence-corrected chi connectivity index (χ2v) is 4.16. The van der Waals surface area contributed by atoms with Crippen molar-refractivity contribution >= 4 is 39.8 Å². The lowest BCUT2D eigenvalue weighted by Gasteiger charge is -2.07. The number of nitrogens with two attached hydrogens (primary N) is 1. The van der Waals surface area contributed by atoms with E-state index in [0.29, 0.717) is 22.3 Å². The van der Waals surface area contributed by atoms with Gasteiger partial charge in [-0.1, -0.05) is 23.2 Å². The Morgan fingerprint density at radius 2 is 2.13 bits per heavy atom. The average Bonchev–Trinajstić information content (AvgIpc) is 2.57. The van der Waals surface area contributed by atoms with Gasteiger partial charge in [-0.05, 0) is 18.7 Å². The van der Waals surface area contributed by atoms with E-state index in [4.69, 9.17) is 28.9 Å². The molecule has 0 aliphatic carbocycles. The summed E-state index contributed by atoms with van der Waals surface area (Å²) in [5.41, 5.74) is 8.46. The number of rotatable bonds is 2. The van der Waals surface area contributed by atoms with Crippen molar-refractivity contribution in [2.75, 3.05) is 12.8 Å². The molecule has 3 nitrogen and oxygen atoms in total. The van der Waals surface area contributed by atoms with Crippen LogP contribution in [0.3, 0.4) is 0 Å². The van der Waals surface area contributed by atoms with Crippen LogP contribution in [0.15, 0.2) is 12.3 Å². The van der Waals surface area contributed by atoms with Crippen LogP contribution in [0.25, 0.3) is 10.9 Å². The summed E-state index contributed by atoms with van der Waals surface area (Å²) in [6, 6.07) is 1.84. The molecule has 5 heteroatoms. The number of anilines is 1. The van der Waals surface area contributed by atoms with Gasteiger partial charge in [0.1, 0.15) is 0 Å². The van der Waals surface area contributed by atoms with E-state index in [9.17, 15) is 0 Å². The smallest absolute Gasteiger partial charge is 0.0721 e. The molecule has 15 heavy (non-hydrogen) atoms. The molecule has 1 aromatic carbocycles. The van der Waals surface area contributed by atoms with Crippen LogP contribution in [0.4, 0.5) is 5.69 Å². The van der Waals surface area contributed by atoms with E-state index >= 15 is 0 Å². The minimum absolute atomic E-state index is 0.595. The zero-order chi connectivity index (χ0) is 11.0. The number of H-pyrrole nitrogens is 1. The first-order valence-corrected chi connectivity index (χ1v) is 5.28. The van der Waals surface area contributed by atoms with Crippen molar-refractivity contribution in [1.29, 1.82) is 0 Å². The Bertz CT molecular complexity index is 505. The van der Waals surface area contributed by atoms with Gasteiger partial charge in [0.2, 0.25) is 0 Å². The van der Waals surface area contributed by atoms with Crippen LogP contribution in [0.1, 0.15) is 5.56 Å². The number of fused-ring (bicyclic) bond motifs is 1. The Morgan fingerprint density at radius 3 is 2.80 bits per heavy atom. The third kappa shape index (κ3) is 1.67. The Kier molecular flexibility index (Phi) is 2.78. The summed E-state index contributed by atoms with van der Waals surface area (Å²) in [4.78, 5) is 3.03. The third-order valence-corrected chi connectivity index (χ3v) is 2.95. The molecular weight excluding hydrogens is 233 g/mol. The van der Waals surface area contributed by atoms with Crippen molar-refractivity contribution in [3.05, 3.63) is 27.9 Å². The number of hydrogen-bond donors (Lipinski definition) is 3. The second-order valence-electron chi connectivity index (χ2n) is 3.35. The van der Waals surface area contributed by atoms with E-state index < -0.39 is 0 Å². The van der Waals surface area contributed by atoms with Crippen molar-refractivity contribution in [2.24, 2.45) is 0 Å². The second kappa shape index (κ2) is 3.93. The minimum atomic E-state index is 0.595. The molecule has 2 aromatic rings. The number of halogens is 2. The van der Waals surface area contributed by atoms with Gasteiger partial charge in [0.15, 0.2) is 0 Å². The summed E-state index contributed by atoms with van der Waals surface area (Å²) < 4.78 is 0. The molecule has 0 spiro atoms. The van der Waals surface area contributed by atoms with Crippen molar-refractivity contribution in [2.45, 2.75) is 6.54 Å². The van der Waals surface area contributed by atoms with Gasteiger partial charge in [0.05, 0.1) is 21.2 Å². The molecule has 0 atom stereocenters. The van der Waals surface area contributed by atoms with Crippen LogP contribution < -0.4 is 11.1 Å². The van der Waals surface area contributed by atoms with Gasteiger partial charge in [0, 0.05) is 18.1 Å². The Morgan fingerprint density at radius 1 is 1.40 bits per heavy atom. The summed E-state index contributed by atoms with van der Waals surface area (Å²) in [6.45, 7) is 0.679. The Labute approximate surface area is 97.5 Å². The van der Waals surface area contributed by atoms with Crippen molar-refractivity contribution in [3.8, 4) is 0 Å². The van der Waals surface area contributed by atoms with E-state index in [2.05, 4.69) is 10.3 Å². The molecule has 0 saturated carbocycles. The van der Waals surface area contributed by atoms with Crippen molar-refractivity contribution in [3.63, 3.8) is 0 Å². The van der Waals surface area contributed by atoms with E-state index in [1.54, 1.807) is 6.20 Å².